The SMILES string of the molecule is CC1CCN(C(=O)CSCc2ccc(F)cc2Br)CC1. The number of rotatable bonds is 4. The number of nitrogens with zero attached hydrogens (tertiary/aromatic N) is 1. The summed E-state index contributed by atoms with van der Waals surface area (Å²) in [4.78, 5) is 14.0. The minimum Gasteiger partial charge on any atom is -0.342 e. The van der Waals surface area contributed by atoms with Gasteiger partial charge in [-0.25, -0.2) is 4.39 Å². The Balaban J connectivity index is 1.76. The Morgan fingerprint density at radius 3 is 2.80 bits per heavy atom. The molecule has 20 heavy (non-hydrogen) atoms. The lowest BCUT2D eigenvalue weighted by atomic mass is 9.99. The van der Waals surface area contributed by atoms with Gasteiger partial charge in [0.1, 0.15) is 5.82 Å². The Morgan fingerprint density at radius 1 is 1.45 bits per heavy atom. The summed E-state index contributed by atoms with van der Waals surface area (Å²) in [7, 11) is 0. The van der Waals surface area contributed by atoms with Gasteiger partial charge in [-0.15, -0.1) is 11.8 Å². The third kappa shape index (κ3) is 4.48. The number of halogens is 2. The van der Waals surface area contributed by atoms with E-state index in [1.807, 2.05) is 4.90 Å². The first-order chi connectivity index (χ1) is 9.56. The fraction of sp³-hybridized carbons (Fsp3) is 0.533. The molecule has 0 unspecified atom stereocenters. The van der Waals surface area contributed by atoms with Gasteiger partial charge in [-0.05, 0) is 36.5 Å². The van der Waals surface area contributed by atoms with Crippen molar-refractivity contribution in [2.45, 2.75) is 25.5 Å². The van der Waals surface area contributed by atoms with E-state index in [4.69, 9.17) is 0 Å². The molecule has 1 aliphatic rings. The van der Waals surface area contributed by atoms with Gasteiger partial charge < -0.3 is 4.90 Å². The van der Waals surface area contributed by atoms with Crippen molar-refractivity contribution >= 4 is 33.6 Å². The summed E-state index contributed by atoms with van der Waals surface area (Å²) in [6.45, 7) is 4.02. The molecule has 1 aliphatic heterocycles. The quantitative estimate of drug-likeness (QED) is 0.807. The van der Waals surface area contributed by atoms with Gasteiger partial charge in [-0.3, -0.25) is 4.79 Å². The van der Waals surface area contributed by atoms with Crippen LogP contribution in [0, 0.1) is 11.7 Å². The minimum atomic E-state index is -0.246. The number of amides is 1. The van der Waals surface area contributed by atoms with Crippen molar-refractivity contribution in [1.82, 2.24) is 4.90 Å². The minimum absolute atomic E-state index is 0.222. The van der Waals surface area contributed by atoms with Crippen LogP contribution in [0.5, 0.6) is 0 Å². The maximum atomic E-state index is 13.0. The number of carbonyl (C=O) groups is 1. The highest BCUT2D eigenvalue weighted by atomic mass is 79.9. The lowest BCUT2D eigenvalue weighted by Gasteiger charge is -2.30. The van der Waals surface area contributed by atoms with E-state index in [0.717, 1.165) is 47.6 Å². The molecule has 0 aromatic heterocycles. The first-order valence-electron chi connectivity index (χ1n) is 6.85. The molecule has 0 radical (unpaired) electrons. The third-order valence-corrected chi connectivity index (χ3v) is 5.34. The van der Waals surface area contributed by atoms with Crippen LogP contribution < -0.4 is 0 Å². The predicted octanol–water partition coefficient (Wildman–Crippen LogP) is 4.08. The van der Waals surface area contributed by atoms with Crippen LogP contribution >= 0.6 is 27.7 Å². The number of hydrogen-bond donors (Lipinski definition) is 0. The van der Waals surface area contributed by atoms with Crippen molar-refractivity contribution in [2.24, 2.45) is 5.92 Å². The normalized spacial score (nSPS) is 16.4. The van der Waals surface area contributed by atoms with Gasteiger partial charge >= 0.3 is 0 Å². The summed E-state index contributed by atoms with van der Waals surface area (Å²) in [5.41, 5.74) is 1.02. The smallest absolute Gasteiger partial charge is 0.232 e. The van der Waals surface area contributed by atoms with Gasteiger partial charge in [0, 0.05) is 23.3 Å². The lowest BCUT2D eigenvalue weighted by Crippen LogP contribution is -2.38. The van der Waals surface area contributed by atoms with Crippen LogP contribution in [0.25, 0.3) is 0 Å². The van der Waals surface area contributed by atoms with Crippen LogP contribution in [0.15, 0.2) is 22.7 Å². The molecular formula is C15H19BrFNOS. The molecule has 1 saturated heterocycles. The molecule has 0 saturated carbocycles. The monoisotopic (exact) mass is 359 g/mol. The molecule has 0 atom stereocenters. The van der Waals surface area contributed by atoms with E-state index in [-0.39, 0.29) is 11.7 Å². The van der Waals surface area contributed by atoms with Gasteiger partial charge in [0.15, 0.2) is 0 Å². The molecule has 0 spiro atoms. The number of hydrogen-bond acceptors (Lipinski definition) is 2. The molecule has 0 bridgehead atoms. The maximum absolute atomic E-state index is 13.0. The predicted molar refractivity (Wildman–Crippen MR) is 85.2 cm³/mol. The van der Waals surface area contributed by atoms with E-state index in [1.54, 1.807) is 17.8 Å². The van der Waals surface area contributed by atoms with E-state index in [0.29, 0.717) is 5.75 Å². The second-order valence-corrected chi connectivity index (χ2v) is 7.13. The Bertz CT molecular complexity index is 475. The van der Waals surface area contributed by atoms with Crippen molar-refractivity contribution in [3.8, 4) is 0 Å². The average Bonchev–Trinajstić information content (AvgIpc) is 2.42. The summed E-state index contributed by atoms with van der Waals surface area (Å²) in [5, 5.41) is 0. The van der Waals surface area contributed by atoms with Crippen LogP contribution in [-0.2, 0) is 10.5 Å². The number of piperidine rings is 1. The zero-order valence-electron chi connectivity index (χ0n) is 11.6. The first kappa shape index (κ1) is 15.8. The molecule has 1 heterocycles. The van der Waals surface area contributed by atoms with E-state index in [2.05, 4.69) is 22.9 Å². The lowest BCUT2D eigenvalue weighted by molar-refractivity contribution is -0.129. The Labute approximate surface area is 132 Å². The van der Waals surface area contributed by atoms with Crippen LogP contribution in [0.3, 0.4) is 0 Å². The zero-order chi connectivity index (χ0) is 14.5. The number of carbonyl (C=O) groups excluding carboxylic acids is 1. The molecule has 1 fully saturated rings. The van der Waals surface area contributed by atoms with Crippen molar-refractivity contribution < 1.29 is 9.18 Å². The van der Waals surface area contributed by atoms with Crippen LogP contribution in [0.1, 0.15) is 25.3 Å². The van der Waals surface area contributed by atoms with Gasteiger partial charge in [-0.2, -0.15) is 0 Å². The average molecular weight is 360 g/mol. The molecular weight excluding hydrogens is 341 g/mol. The standard InChI is InChI=1S/C15H19BrFNOS/c1-11-4-6-18(7-5-11)15(19)10-20-9-12-2-3-13(17)8-14(12)16/h2-3,8,11H,4-7,9-10H2,1H3. The van der Waals surface area contributed by atoms with Gasteiger partial charge in [0.2, 0.25) is 5.91 Å². The maximum Gasteiger partial charge on any atom is 0.232 e. The van der Waals surface area contributed by atoms with Crippen LogP contribution in [0.4, 0.5) is 4.39 Å². The molecule has 1 aromatic rings. The van der Waals surface area contributed by atoms with Gasteiger partial charge in [0.05, 0.1) is 5.75 Å². The van der Waals surface area contributed by atoms with E-state index < -0.39 is 0 Å². The van der Waals surface area contributed by atoms with Crippen molar-refractivity contribution in [3.63, 3.8) is 0 Å². The van der Waals surface area contributed by atoms with Gasteiger partial charge in [0.25, 0.3) is 0 Å². The second-order valence-electron chi connectivity index (χ2n) is 5.29. The molecule has 2 nitrogen and oxygen atoms in total. The highest BCUT2D eigenvalue weighted by molar-refractivity contribution is 9.10. The molecule has 110 valence electrons. The summed E-state index contributed by atoms with van der Waals surface area (Å²) in [5.74, 6) is 1.93. The zero-order valence-corrected chi connectivity index (χ0v) is 14.0. The van der Waals surface area contributed by atoms with E-state index in [1.165, 1.54) is 12.1 Å². The first-order valence-corrected chi connectivity index (χ1v) is 8.80. The van der Waals surface area contributed by atoms with Crippen LogP contribution in [-0.4, -0.2) is 29.6 Å². The number of benzene rings is 1. The Hall–Kier alpha value is -0.550. The van der Waals surface area contributed by atoms with Crippen molar-refractivity contribution in [2.75, 3.05) is 18.8 Å². The fourth-order valence-corrected chi connectivity index (χ4v) is 3.84. The summed E-state index contributed by atoms with van der Waals surface area (Å²) >= 11 is 4.93. The second kappa shape index (κ2) is 7.46. The molecule has 2 rings (SSSR count). The molecule has 1 amide bonds. The summed E-state index contributed by atoms with van der Waals surface area (Å²) < 4.78 is 13.7. The van der Waals surface area contributed by atoms with E-state index >= 15 is 0 Å². The van der Waals surface area contributed by atoms with E-state index in [9.17, 15) is 9.18 Å². The highest BCUT2D eigenvalue weighted by Crippen LogP contribution is 2.23. The van der Waals surface area contributed by atoms with Crippen LogP contribution in [0.2, 0.25) is 0 Å². The highest BCUT2D eigenvalue weighted by Gasteiger charge is 2.19. The topological polar surface area (TPSA) is 20.3 Å². The van der Waals surface area contributed by atoms with Crippen molar-refractivity contribution in [1.29, 1.82) is 0 Å². The summed E-state index contributed by atoms with van der Waals surface area (Å²) in [6, 6.07) is 4.68. The Kier molecular flexibility index (Phi) is 5.90. The fourth-order valence-electron chi connectivity index (χ4n) is 2.24. The van der Waals surface area contributed by atoms with Gasteiger partial charge in [-0.1, -0.05) is 28.9 Å². The Morgan fingerprint density at radius 2 is 2.15 bits per heavy atom. The molecule has 1 aromatic carbocycles. The third-order valence-electron chi connectivity index (χ3n) is 3.63. The molecule has 0 N–H and O–H groups in total. The molecule has 0 aliphatic carbocycles. The van der Waals surface area contributed by atoms with Crippen molar-refractivity contribution in [3.05, 3.63) is 34.1 Å². The summed E-state index contributed by atoms with van der Waals surface area (Å²) in [6.07, 6.45) is 2.22. The number of thioether (sulfide) groups is 1. The largest absolute Gasteiger partial charge is 0.342 e. The molecule has 5 heteroatoms. The number of likely N-dealkylation sites (tertiary alicyclic amines) is 1.